The van der Waals surface area contributed by atoms with Gasteiger partial charge in [-0.3, -0.25) is 14.9 Å². The number of halogens is 3. The molecule has 0 saturated heterocycles. The number of carboxylic acid groups (broad SMARTS) is 1. The minimum Gasteiger partial charge on any atom is -0.496 e. The number of benzene rings is 2. The van der Waals surface area contributed by atoms with Crippen molar-refractivity contribution in [1.82, 2.24) is 9.55 Å². The highest BCUT2D eigenvalue weighted by atomic mass is 35.5. The normalized spacial score (nSPS) is 13.8. The molecule has 0 spiro atoms. The fraction of sp³-hybridized carbons (Fsp3) is 0.367. The Morgan fingerprint density at radius 3 is 2.48 bits per heavy atom. The van der Waals surface area contributed by atoms with Gasteiger partial charge in [0.25, 0.3) is 5.91 Å². The van der Waals surface area contributed by atoms with Gasteiger partial charge in [0.2, 0.25) is 0 Å². The van der Waals surface area contributed by atoms with E-state index in [1.165, 1.54) is 48.0 Å². The summed E-state index contributed by atoms with van der Waals surface area (Å²) in [6.45, 7) is -0.429. The molecule has 1 aliphatic carbocycles. The third-order valence-corrected chi connectivity index (χ3v) is 9.79. The number of fused-ring (bicyclic) bond motifs is 1. The average Bonchev–Trinajstić information content (AvgIpc) is 3.55. The first kappa shape index (κ1) is 30.5. The number of aryl methyl sites for hydroxylation is 1. The van der Waals surface area contributed by atoms with E-state index in [4.69, 9.17) is 49.3 Å². The van der Waals surface area contributed by atoms with Crippen molar-refractivity contribution >= 4 is 74.1 Å². The largest absolute Gasteiger partial charge is 0.496 e. The van der Waals surface area contributed by atoms with Crippen LogP contribution >= 0.6 is 46.1 Å². The molecular weight excluding hydrogens is 621 g/mol. The number of rotatable bonds is 10. The molecule has 0 radical (unpaired) electrons. The number of methoxy groups -OCH3 is 2. The summed E-state index contributed by atoms with van der Waals surface area (Å²) in [5.74, 6) is 0.0584. The van der Waals surface area contributed by atoms with Crippen LogP contribution in [0.25, 0.3) is 22.2 Å². The Hall–Kier alpha value is -2.98. The molecule has 1 aliphatic rings. The second-order valence-corrected chi connectivity index (χ2v) is 12.6. The maximum absolute atomic E-state index is 13.6. The zero-order valence-electron chi connectivity index (χ0n) is 23.1. The predicted octanol–water partition coefficient (Wildman–Crippen LogP) is 8.59. The van der Waals surface area contributed by atoms with Gasteiger partial charge in [0.1, 0.15) is 23.7 Å². The number of carboxylic acids is 1. The van der Waals surface area contributed by atoms with E-state index in [1.54, 1.807) is 44.6 Å². The Morgan fingerprint density at radius 2 is 1.79 bits per heavy atom. The molecule has 222 valence electrons. The van der Waals surface area contributed by atoms with Crippen molar-refractivity contribution < 1.29 is 24.2 Å². The lowest BCUT2D eigenvalue weighted by atomic mass is 9.86. The summed E-state index contributed by atoms with van der Waals surface area (Å²) in [7, 11) is 3.11. The van der Waals surface area contributed by atoms with Crippen molar-refractivity contribution in [3.05, 3.63) is 56.0 Å². The van der Waals surface area contributed by atoms with Gasteiger partial charge in [-0.25, -0.2) is 4.98 Å². The summed E-state index contributed by atoms with van der Waals surface area (Å²) >= 11 is 20.4. The highest BCUT2D eigenvalue weighted by Crippen LogP contribution is 2.43. The van der Waals surface area contributed by atoms with E-state index < -0.39 is 18.4 Å². The molecule has 2 N–H and O–H groups in total. The number of nitrogens with one attached hydrogen (secondary N) is 1. The summed E-state index contributed by atoms with van der Waals surface area (Å²) in [6, 6.07) is 8.26. The minimum absolute atomic E-state index is 0.128. The molecule has 1 fully saturated rings. The number of nitrogens with zero attached hydrogens (tertiary/aromatic N) is 2. The number of hydrogen-bond acceptors (Lipinski definition) is 6. The van der Waals surface area contributed by atoms with E-state index >= 15 is 0 Å². The number of aliphatic carboxylic acids is 1. The van der Waals surface area contributed by atoms with Crippen molar-refractivity contribution in [1.29, 1.82) is 0 Å². The van der Waals surface area contributed by atoms with Crippen molar-refractivity contribution in [2.75, 3.05) is 19.5 Å². The Balaban J connectivity index is 1.53. The van der Waals surface area contributed by atoms with Crippen LogP contribution in [0.2, 0.25) is 15.1 Å². The maximum Gasteiger partial charge on any atom is 0.323 e. The smallest absolute Gasteiger partial charge is 0.323 e. The van der Waals surface area contributed by atoms with Gasteiger partial charge >= 0.3 is 5.97 Å². The number of hydrogen-bond donors (Lipinski definition) is 2. The van der Waals surface area contributed by atoms with Gasteiger partial charge in [-0.2, -0.15) is 0 Å². The van der Waals surface area contributed by atoms with Crippen LogP contribution < -0.4 is 14.8 Å². The molecule has 0 unspecified atom stereocenters. The molecule has 4 aromatic rings. The Bertz CT molecular complexity index is 1650. The van der Waals surface area contributed by atoms with Crippen LogP contribution in [0.3, 0.4) is 0 Å². The highest BCUT2D eigenvalue weighted by Gasteiger charge is 2.24. The molecule has 2 aromatic carbocycles. The second-order valence-electron chi connectivity index (χ2n) is 10.3. The number of ether oxygens (including phenoxy) is 2. The second kappa shape index (κ2) is 13.1. The molecule has 42 heavy (non-hydrogen) atoms. The number of carbonyl (C=O) groups is 2. The van der Waals surface area contributed by atoms with Crippen LogP contribution in [0.1, 0.15) is 53.9 Å². The molecule has 1 saturated carbocycles. The number of aromatic nitrogens is 2. The van der Waals surface area contributed by atoms with Crippen LogP contribution in [0, 0.1) is 5.92 Å². The van der Waals surface area contributed by atoms with E-state index in [2.05, 4.69) is 5.32 Å². The quantitative estimate of drug-likeness (QED) is 0.178. The molecule has 2 heterocycles. The molecule has 0 aliphatic heterocycles. The summed E-state index contributed by atoms with van der Waals surface area (Å²) in [5.41, 5.74) is 2.00. The molecule has 8 nitrogen and oxygen atoms in total. The number of amides is 1. The van der Waals surface area contributed by atoms with Gasteiger partial charge in [-0.1, -0.05) is 66.9 Å². The lowest BCUT2D eigenvalue weighted by Gasteiger charge is -2.21. The molecule has 5 rings (SSSR count). The van der Waals surface area contributed by atoms with Crippen molar-refractivity contribution in [2.24, 2.45) is 5.92 Å². The Labute approximate surface area is 262 Å². The predicted molar refractivity (Wildman–Crippen MR) is 168 cm³/mol. The SMILES string of the molecule is COc1cc(-c2nc(NC(=O)c3cc4c(Cl)c(Cl)ccc4n3CC(=O)O)sc2CCC2CCCCC2)c(OC)cc1Cl. The van der Waals surface area contributed by atoms with Crippen LogP contribution in [0.5, 0.6) is 11.5 Å². The van der Waals surface area contributed by atoms with Crippen molar-refractivity contribution in [3.8, 4) is 22.8 Å². The maximum atomic E-state index is 13.6. The van der Waals surface area contributed by atoms with Crippen LogP contribution in [0.4, 0.5) is 5.13 Å². The third-order valence-electron chi connectivity index (χ3n) is 7.65. The molecule has 1 amide bonds. The fourth-order valence-electron chi connectivity index (χ4n) is 5.57. The molecule has 0 atom stereocenters. The number of anilines is 1. The number of thiazole rings is 1. The van der Waals surface area contributed by atoms with Gasteiger partial charge in [0.05, 0.1) is 40.5 Å². The van der Waals surface area contributed by atoms with E-state index in [1.807, 2.05) is 0 Å². The zero-order chi connectivity index (χ0) is 30.0. The average molecular weight is 651 g/mol. The topological polar surface area (TPSA) is 103 Å². The lowest BCUT2D eigenvalue weighted by Crippen LogP contribution is -2.19. The first-order valence-corrected chi connectivity index (χ1v) is 15.6. The standard InChI is InChI=1S/C30H30Cl3N3O5S/c1-40-23-14-20(32)24(41-2)13-18(23)28-25(11-8-16-6-4-3-5-7-16)42-30(34-28)35-29(39)22-12-17-21(36(22)15-26(37)38)10-9-19(31)27(17)33/h9-10,12-14,16H,3-8,11,15H2,1-2H3,(H,37,38)(H,34,35,39). The fourth-order valence-corrected chi connectivity index (χ4v) is 7.17. The summed E-state index contributed by atoms with van der Waals surface area (Å²) in [6.07, 6.45) is 8.03. The van der Waals surface area contributed by atoms with Crippen LogP contribution in [-0.2, 0) is 17.8 Å². The van der Waals surface area contributed by atoms with Gasteiger partial charge in [-0.05, 0) is 43.0 Å². The van der Waals surface area contributed by atoms with E-state index in [0.717, 1.165) is 17.7 Å². The van der Waals surface area contributed by atoms with Gasteiger partial charge < -0.3 is 19.1 Å². The first-order chi connectivity index (χ1) is 20.2. The monoisotopic (exact) mass is 649 g/mol. The summed E-state index contributed by atoms with van der Waals surface area (Å²) in [4.78, 5) is 31.1. The number of carbonyl (C=O) groups excluding carboxylic acids is 1. The van der Waals surface area contributed by atoms with Gasteiger partial charge in [0.15, 0.2) is 5.13 Å². The van der Waals surface area contributed by atoms with Crippen LogP contribution in [-0.4, -0.2) is 40.8 Å². The van der Waals surface area contributed by atoms with Gasteiger partial charge in [0, 0.05) is 21.9 Å². The van der Waals surface area contributed by atoms with Gasteiger partial charge in [-0.15, -0.1) is 11.3 Å². The van der Waals surface area contributed by atoms with E-state index in [0.29, 0.717) is 54.8 Å². The molecule has 2 aromatic heterocycles. The Kier molecular flexibility index (Phi) is 9.52. The first-order valence-electron chi connectivity index (χ1n) is 13.6. The van der Waals surface area contributed by atoms with Crippen molar-refractivity contribution in [3.63, 3.8) is 0 Å². The summed E-state index contributed by atoms with van der Waals surface area (Å²) in [5, 5.41) is 14.3. The van der Waals surface area contributed by atoms with E-state index in [9.17, 15) is 14.7 Å². The van der Waals surface area contributed by atoms with E-state index in [-0.39, 0.29) is 10.7 Å². The molecular formula is C30H30Cl3N3O5S. The summed E-state index contributed by atoms with van der Waals surface area (Å²) < 4.78 is 12.5. The molecule has 0 bridgehead atoms. The minimum atomic E-state index is -1.10. The highest BCUT2D eigenvalue weighted by molar-refractivity contribution is 7.16. The lowest BCUT2D eigenvalue weighted by molar-refractivity contribution is -0.137. The third kappa shape index (κ3) is 6.34. The van der Waals surface area contributed by atoms with Crippen LogP contribution in [0.15, 0.2) is 30.3 Å². The van der Waals surface area contributed by atoms with Crippen molar-refractivity contribution in [2.45, 2.75) is 51.5 Å². The Morgan fingerprint density at radius 1 is 1.05 bits per heavy atom. The zero-order valence-corrected chi connectivity index (χ0v) is 26.2. The molecule has 12 heteroatoms.